The summed E-state index contributed by atoms with van der Waals surface area (Å²) in [4.78, 5) is 40.3. The number of carbonyl (C=O) groups is 3. The summed E-state index contributed by atoms with van der Waals surface area (Å²) in [7, 11) is 0. The Hall–Kier alpha value is -4.00. The molecule has 0 saturated carbocycles. The van der Waals surface area contributed by atoms with Crippen molar-refractivity contribution in [3.8, 4) is 0 Å². The Morgan fingerprint density at radius 1 is 0.914 bits per heavy atom. The van der Waals surface area contributed by atoms with E-state index in [2.05, 4.69) is 10.6 Å². The van der Waals surface area contributed by atoms with Crippen molar-refractivity contribution in [1.29, 1.82) is 0 Å². The molecule has 2 N–H and O–H groups in total. The minimum atomic E-state index is -0.403. The van der Waals surface area contributed by atoms with Gasteiger partial charge in [0.25, 0.3) is 11.8 Å². The van der Waals surface area contributed by atoms with Gasteiger partial charge in [0.2, 0.25) is 5.91 Å². The Morgan fingerprint density at radius 3 is 2.40 bits per heavy atom. The lowest BCUT2D eigenvalue weighted by molar-refractivity contribution is -0.121. The van der Waals surface area contributed by atoms with Crippen LogP contribution in [0.4, 0.5) is 10.1 Å². The van der Waals surface area contributed by atoms with Gasteiger partial charge >= 0.3 is 0 Å². The molecule has 35 heavy (non-hydrogen) atoms. The number of amides is 3. The summed E-state index contributed by atoms with van der Waals surface area (Å²) in [5, 5.41) is 5.80. The third kappa shape index (κ3) is 6.32. The van der Waals surface area contributed by atoms with Crippen LogP contribution in [0.2, 0.25) is 0 Å². The molecule has 0 radical (unpaired) electrons. The number of nitrogens with zero attached hydrogens (tertiary/aromatic N) is 1. The van der Waals surface area contributed by atoms with Gasteiger partial charge < -0.3 is 15.5 Å². The van der Waals surface area contributed by atoms with Crippen molar-refractivity contribution < 1.29 is 18.8 Å². The monoisotopic (exact) mass is 473 g/mol. The summed E-state index contributed by atoms with van der Waals surface area (Å²) < 4.78 is 13.2. The lowest BCUT2D eigenvalue weighted by Gasteiger charge is -2.32. The van der Waals surface area contributed by atoms with Crippen LogP contribution in [0, 0.1) is 11.7 Å². The minimum Gasteiger partial charge on any atom is -0.352 e. The van der Waals surface area contributed by atoms with E-state index < -0.39 is 11.7 Å². The molecule has 3 aromatic carbocycles. The molecule has 3 amide bonds. The first kappa shape index (κ1) is 24.1. The van der Waals surface area contributed by atoms with Crippen LogP contribution in [0.25, 0.3) is 0 Å². The second kappa shape index (κ2) is 11.4. The number of anilines is 1. The Bertz CT molecular complexity index is 1180. The molecule has 0 aromatic heterocycles. The van der Waals surface area contributed by atoms with Crippen molar-refractivity contribution >= 4 is 23.4 Å². The number of likely N-dealkylation sites (tertiary alicyclic amines) is 1. The van der Waals surface area contributed by atoms with Gasteiger partial charge in [0.15, 0.2) is 0 Å². The normalized spacial score (nSPS) is 15.3. The highest BCUT2D eigenvalue weighted by Crippen LogP contribution is 2.22. The van der Waals surface area contributed by atoms with Gasteiger partial charge in [-0.25, -0.2) is 4.39 Å². The van der Waals surface area contributed by atoms with Crippen LogP contribution in [0.3, 0.4) is 0 Å². The smallest absolute Gasteiger partial charge is 0.253 e. The molecule has 1 atom stereocenters. The van der Waals surface area contributed by atoms with Gasteiger partial charge in [-0.05, 0) is 61.2 Å². The first-order valence-electron chi connectivity index (χ1n) is 11.8. The number of piperidine rings is 1. The van der Waals surface area contributed by atoms with E-state index in [0.717, 1.165) is 5.56 Å². The molecule has 180 valence electrons. The Kier molecular flexibility index (Phi) is 7.88. The summed E-state index contributed by atoms with van der Waals surface area (Å²) in [6.45, 7) is 1.29. The number of rotatable bonds is 7. The Labute approximate surface area is 204 Å². The van der Waals surface area contributed by atoms with Gasteiger partial charge in [-0.1, -0.05) is 42.5 Å². The molecule has 3 aromatic rings. The van der Waals surface area contributed by atoms with E-state index in [0.29, 0.717) is 49.2 Å². The van der Waals surface area contributed by atoms with Crippen LogP contribution in [0.1, 0.15) is 39.1 Å². The second-order valence-corrected chi connectivity index (χ2v) is 8.62. The van der Waals surface area contributed by atoms with Gasteiger partial charge in [-0.3, -0.25) is 14.4 Å². The number of para-hydroxylation sites is 1. The van der Waals surface area contributed by atoms with E-state index in [9.17, 15) is 18.8 Å². The van der Waals surface area contributed by atoms with Crippen LogP contribution in [-0.2, 0) is 11.2 Å². The Balaban J connectivity index is 1.36. The van der Waals surface area contributed by atoms with Crippen LogP contribution in [0.15, 0.2) is 78.9 Å². The molecule has 1 fully saturated rings. The minimum absolute atomic E-state index is 0.222. The lowest BCUT2D eigenvalue weighted by Crippen LogP contribution is -2.44. The van der Waals surface area contributed by atoms with Crippen molar-refractivity contribution in [1.82, 2.24) is 10.2 Å². The van der Waals surface area contributed by atoms with Crippen LogP contribution in [0.5, 0.6) is 0 Å². The van der Waals surface area contributed by atoms with Crippen LogP contribution >= 0.6 is 0 Å². The zero-order chi connectivity index (χ0) is 24.6. The largest absolute Gasteiger partial charge is 0.352 e. The Morgan fingerprint density at radius 2 is 1.63 bits per heavy atom. The van der Waals surface area contributed by atoms with Crippen molar-refractivity contribution in [2.45, 2.75) is 19.3 Å². The predicted octanol–water partition coefficient (Wildman–Crippen LogP) is 4.29. The molecule has 1 aliphatic rings. The molecule has 7 heteroatoms. The fraction of sp³-hybridized carbons (Fsp3) is 0.250. The highest BCUT2D eigenvalue weighted by molar-refractivity contribution is 6.04. The number of hydrogen-bond donors (Lipinski definition) is 2. The molecule has 1 heterocycles. The number of hydrogen-bond acceptors (Lipinski definition) is 3. The van der Waals surface area contributed by atoms with E-state index in [1.165, 1.54) is 24.3 Å². The lowest BCUT2D eigenvalue weighted by atomic mass is 9.96. The van der Waals surface area contributed by atoms with Gasteiger partial charge in [0, 0.05) is 25.2 Å². The van der Waals surface area contributed by atoms with E-state index in [1.54, 1.807) is 29.2 Å². The maximum absolute atomic E-state index is 13.2. The molecule has 1 unspecified atom stereocenters. The zero-order valence-electron chi connectivity index (χ0n) is 19.4. The summed E-state index contributed by atoms with van der Waals surface area (Å²) in [5.41, 5.74) is 2.36. The highest BCUT2D eigenvalue weighted by atomic mass is 19.1. The van der Waals surface area contributed by atoms with Crippen molar-refractivity contribution in [2.75, 3.05) is 25.0 Å². The SMILES string of the molecule is O=C(NCCc1ccccc1)c1ccccc1NC(=O)C1CCCN(C(=O)c2ccc(F)cc2)C1. The van der Waals surface area contributed by atoms with Gasteiger partial charge in [0.05, 0.1) is 17.2 Å². The predicted molar refractivity (Wildman–Crippen MR) is 133 cm³/mol. The van der Waals surface area contributed by atoms with Crippen molar-refractivity contribution in [3.63, 3.8) is 0 Å². The van der Waals surface area contributed by atoms with E-state index in [-0.39, 0.29) is 24.3 Å². The quantitative estimate of drug-likeness (QED) is 0.537. The topological polar surface area (TPSA) is 78.5 Å². The van der Waals surface area contributed by atoms with Crippen LogP contribution in [-0.4, -0.2) is 42.3 Å². The number of carbonyl (C=O) groups excluding carboxylic acids is 3. The first-order valence-corrected chi connectivity index (χ1v) is 11.8. The van der Waals surface area contributed by atoms with Crippen molar-refractivity contribution in [3.05, 3.63) is 101 Å². The average Bonchev–Trinajstić information content (AvgIpc) is 2.89. The number of benzene rings is 3. The molecular formula is C28H28FN3O3. The molecule has 6 nitrogen and oxygen atoms in total. The fourth-order valence-corrected chi connectivity index (χ4v) is 4.24. The highest BCUT2D eigenvalue weighted by Gasteiger charge is 2.29. The zero-order valence-corrected chi connectivity index (χ0v) is 19.4. The number of nitrogens with one attached hydrogen (secondary N) is 2. The van der Waals surface area contributed by atoms with Gasteiger partial charge in [0.1, 0.15) is 5.82 Å². The number of halogens is 1. The summed E-state index contributed by atoms with van der Waals surface area (Å²) >= 11 is 0. The molecule has 0 aliphatic carbocycles. The van der Waals surface area contributed by atoms with E-state index >= 15 is 0 Å². The molecular weight excluding hydrogens is 445 g/mol. The average molecular weight is 474 g/mol. The van der Waals surface area contributed by atoms with Gasteiger partial charge in [-0.15, -0.1) is 0 Å². The summed E-state index contributed by atoms with van der Waals surface area (Å²) in [5.74, 6) is -1.51. The van der Waals surface area contributed by atoms with Gasteiger partial charge in [-0.2, -0.15) is 0 Å². The van der Waals surface area contributed by atoms with E-state index in [4.69, 9.17) is 0 Å². The summed E-state index contributed by atoms with van der Waals surface area (Å²) in [6, 6.07) is 22.2. The standard InChI is InChI=1S/C28H28FN3O3/c29-23-14-12-21(13-15-23)28(35)32-18-6-9-22(19-32)26(33)31-25-11-5-4-10-24(25)27(34)30-17-16-20-7-2-1-3-8-20/h1-5,7-8,10-15,22H,6,9,16-19H2,(H,30,34)(H,31,33). The van der Waals surface area contributed by atoms with E-state index in [1.807, 2.05) is 30.3 Å². The third-order valence-corrected chi connectivity index (χ3v) is 6.14. The maximum Gasteiger partial charge on any atom is 0.253 e. The summed E-state index contributed by atoms with van der Waals surface area (Å²) in [6.07, 6.45) is 2.04. The molecule has 0 spiro atoms. The fourth-order valence-electron chi connectivity index (χ4n) is 4.24. The van der Waals surface area contributed by atoms with Crippen molar-refractivity contribution in [2.24, 2.45) is 5.92 Å². The molecule has 0 bridgehead atoms. The van der Waals surface area contributed by atoms with Crippen LogP contribution < -0.4 is 10.6 Å². The second-order valence-electron chi connectivity index (χ2n) is 8.62. The third-order valence-electron chi connectivity index (χ3n) is 6.14. The molecule has 1 aliphatic heterocycles. The molecule has 4 rings (SSSR count). The molecule has 1 saturated heterocycles. The first-order chi connectivity index (χ1) is 17.0. The maximum atomic E-state index is 13.2.